The van der Waals surface area contributed by atoms with Gasteiger partial charge in [0, 0.05) is 31.4 Å². The molecule has 272 valence electrons. The van der Waals surface area contributed by atoms with Crippen molar-refractivity contribution < 1.29 is 32.9 Å². The Hall–Kier alpha value is -2.43. The van der Waals surface area contributed by atoms with Crippen molar-refractivity contribution in [3.05, 3.63) is 0 Å². The van der Waals surface area contributed by atoms with Crippen molar-refractivity contribution in [3.63, 3.8) is 0 Å². The summed E-state index contributed by atoms with van der Waals surface area (Å²) in [6, 6.07) is -3.00. The van der Waals surface area contributed by atoms with Crippen molar-refractivity contribution in [1.29, 1.82) is 0 Å². The molecule has 0 bridgehead atoms. The van der Waals surface area contributed by atoms with Crippen molar-refractivity contribution in [2.75, 3.05) is 39.6 Å². The summed E-state index contributed by atoms with van der Waals surface area (Å²) in [5.74, 6) is -0.936. The molecule has 0 rings (SSSR count). The van der Waals surface area contributed by atoms with Crippen LogP contribution in [0.5, 0.6) is 0 Å². The predicted molar refractivity (Wildman–Crippen MR) is 188 cm³/mol. The SMILES string of the molecule is [2H]C(=O)[C@H](CCCCNC(=O)C(C)NC(CC(C)C(=O)NCCCC[C@@H](NC)C([2H])=O)NC(C)C(=O)NCCCC[C@@H](NC)C([2H])=O)NCS. The van der Waals surface area contributed by atoms with Crippen molar-refractivity contribution in [1.82, 2.24) is 42.5 Å². The predicted octanol–water partition coefficient (Wildman–Crippen LogP) is -0.227. The van der Waals surface area contributed by atoms with E-state index in [-0.39, 0.29) is 30.0 Å². The number of amides is 3. The standard InChI is InChI=1S/C32H62N8O6S/c1-23(30(44)35-15-9-6-12-26(19-41)33-4)18-29(39-24(2)31(45)36-16-10-7-13-27(20-42)34-5)40-25(3)32(46)37-17-11-8-14-28(21-43)38-22-47/h19-21,23-29,33-34,38-40,47H,6-18,22H2,1-5H3,(H,35,44)(H,36,45)(H,37,46)/t23?,24?,25?,26-,27-,28+,29?/m1/s1/i19D,20D,21D. The smallest absolute Gasteiger partial charge is 0.236 e. The molecule has 47 heavy (non-hydrogen) atoms. The molecule has 0 aromatic heterocycles. The number of rotatable bonds is 31. The average molecular weight is 690 g/mol. The lowest BCUT2D eigenvalue weighted by Crippen LogP contribution is -2.57. The van der Waals surface area contributed by atoms with E-state index in [2.05, 4.69) is 55.2 Å². The van der Waals surface area contributed by atoms with Gasteiger partial charge in [0.2, 0.25) is 17.7 Å². The normalized spacial score (nSPS) is 16.6. The number of unbranched alkanes of at least 4 members (excludes halogenated alkanes) is 3. The summed E-state index contributed by atoms with van der Waals surface area (Å²) in [5, 5.41) is 23.5. The Kier molecular flexibility index (Phi) is 23.7. The molecule has 0 aromatic rings. The van der Waals surface area contributed by atoms with Crippen molar-refractivity contribution in [3.8, 4) is 0 Å². The number of hydrogen-bond donors (Lipinski definition) is 9. The molecule has 0 heterocycles. The molecule has 0 fully saturated rings. The van der Waals surface area contributed by atoms with E-state index in [1.807, 2.05) is 0 Å². The molecular formula is C32H62N8O6S. The van der Waals surface area contributed by atoms with Crippen molar-refractivity contribution in [2.45, 2.75) is 121 Å². The summed E-state index contributed by atoms with van der Waals surface area (Å²) in [5.41, 5.74) is 0. The quantitative estimate of drug-likeness (QED) is 0.0202. The van der Waals surface area contributed by atoms with E-state index < -0.39 is 61.1 Å². The highest BCUT2D eigenvalue weighted by Gasteiger charge is 2.25. The van der Waals surface area contributed by atoms with Gasteiger partial charge in [-0.15, -0.1) is 0 Å². The fraction of sp³-hybridized carbons (Fsp3) is 0.812. The van der Waals surface area contributed by atoms with Crippen LogP contribution in [-0.4, -0.2) is 112 Å². The van der Waals surface area contributed by atoms with E-state index in [1.165, 1.54) is 0 Å². The summed E-state index contributed by atoms with van der Waals surface area (Å²) in [6.07, 6.45) is 2.88. The summed E-state index contributed by atoms with van der Waals surface area (Å²) in [7, 11) is 3.26. The van der Waals surface area contributed by atoms with Gasteiger partial charge < -0.3 is 41.0 Å². The zero-order chi connectivity index (χ0) is 38.1. The van der Waals surface area contributed by atoms with Crippen LogP contribution in [-0.2, 0) is 28.8 Å². The molecule has 0 saturated carbocycles. The molecule has 3 amide bonds. The first kappa shape index (κ1) is 39.0. The molecule has 7 atom stereocenters. The topological polar surface area (TPSA) is 199 Å². The van der Waals surface area contributed by atoms with E-state index in [0.29, 0.717) is 77.4 Å². The molecule has 0 aliphatic carbocycles. The monoisotopic (exact) mass is 689 g/mol. The molecule has 0 aromatic carbocycles. The molecule has 4 unspecified atom stereocenters. The van der Waals surface area contributed by atoms with E-state index >= 15 is 0 Å². The Morgan fingerprint density at radius 1 is 0.638 bits per heavy atom. The van der Waals surface area contributed by atoms with Crippen molar-refractivity contribution >= 4 is 49.1 Å². The van der Waals surface area contributed by atoms with Gasteiger partial charge in [-0.25, -0.2) is 0 Å². The first-order valence-corrected chi connectivity index (χ1v) is 17.4. The summed E-state index contributed by atoms with van der Waals surface area (Å²) >= 11 is 4.04. The van der Waals surface area contributed by atoms with Gasteiger partial charge in [-0.3, -0.25) is 30.3 Å². The van der Waals surface area contributed by atoms with Gasteiger partial charge in [0.1, 0.15) is 22.9 Å². The van der Waals surface area contributed by atoms with Gasteiger partial charge in [0.05, 0.1) is 36.4 Å². The highest BCUT2D eigenvalue weighted by atomic mass is 32.1. The number of hydrogen-bond acceptors (Lipinski definition) is 12. The van der Waals surface area contributed by atoms with E-state index in [4.69, 9.17) is 4.11 Å². The minimum Gasteiger partial charge on any atom is -0.356 e. The summed E-state index contributed by atoms with van der Waals surface area (Å²) in [6.45, 7) is 6.29. The van der Waals surface area contributed by atoms with Crippen LogP contribution in [0.25, 0.3) is 0 Å². The van der Waals surface area contributed by atoms with Crippen LogP contribution in [0.3, 0.4) is 0 Å². The van der Waals surface area contributed by atoms with E-state index in [1.54, 1.807) is 34.9 Å². The second kappa shape index (κ2) is 28.6. The van der Waals surface area contributed by atoms with Crippen LogP contribution in [0.15, 0.2) is 0 Å². The van der Waals surface area contributed by atoms with Crippen LogP contribution in [0.1, 0.15) is 89.1 Å². The number of carbonyl (C=O) groups excluding carboxylic acids is 6. The number of likely N-dealkylation sites (N-methyl/N-ethyl adjacent to an activating group) is 2. The van der Waals surface area contributed by atoms with E-state index in [9.17, 15) is 28.8 Å². The number of nitrogens with one attached hydrogen (secondary N) is 8. The Bertz CT molecular complexity index is 998. The second-order valence-electron chi connectivity index (χ2n) is 11.8. The maximum absolute atomic E-state index is 12.9. The Morgan fingerprint density at radius 3 is 1.38 bits per heavy atom. The van der Waals surface area contributed by atoms with E-state index in [0.717, 1.165) is 0 Å². The molecule has 0 radical (unpaired) electrons. The maximum atomic E-state index is 12.9. The minimum absolute atomic E-state index is 0.197. The highest BCUT2D eigenvalue weighted by Crippen LogP contribution is 2.08. The molecule has 15 heteroatoms. The van der Waals surface area contributed by atoms with Crippen LogP contribution in [0, 0.1) is 5.92 Å². The highest BCUT2D eigenvalue weighted by molar-refractivity contribution is 7.80. The molecule has 0 saturated heterocycles. The van der Waals surface area contributed by atoms with Gasteiger partial charge in [-0.1, -0.05) is 6.92 Å². The lowest BCUT2D eigenvalue weighted by atomic mass is 10.0. The first-order chi connectivity index (χ1) is 23.7. The molecule has 8 N–H and O–H groups in total. The van der Waals surface area contributed by atoms with Crippen LogP contribution >= 0.6 is 12.6 Å². The average Bonchev–Trinajstić information content (AvgIpc) is 3.06. The Morgan fingerprint density at radius 2 is 1.02 bits per heavy atom. The Balaban J connectivity index is 5.14. The minimum atomic E-state index is -0.702. The lowest BCUT2D eigenvalue weighted by Gasteiger charge is -2.28. The molecule has 14 nitrogen and oxygen atoms in total. The van der Waals surface area contributed by atoms with Crippen molar-refractivity contribution in [2.24, 2.45) is 5.92 Å². The van der Waals surface area contributed by atoms with Gasteiger partial charge >= 0.3 is 0 Å². The third-order valence-corrected chi connectivity index (χ3v) is 8.03. The van der Waals surface area contributed by atoms with Crippen LogP contribution in [0.2, 0.25) is 0 Å². The lowest BCUT2D eigenvalue weighted by molar-refractivity contribution is -0.125. The third-order valence-electron chi connectivity index (χ3n) is 7.84. The molecule has 0 spiro atoms. The molecular weight excluding hydrogens is 624 g/mol. The number of aldehydes is 3. The third kappa shape index (κ3) is 21.9. The molecule has 0 aliphatic rings. The zero-order valence-corrected chi connectivity index (χ0v) is 29.7. The fourth-order valence-electron chi connectivity index (χ4n) is 4.77. The number of thiol groups is 1. The maximum Gasteiger partial charge on any atom is 0.236 e. The fourth-order valence-corrected chi connectivity index (χ4v) is 4.99. The summed E-state index contributed by atoms with van der Waals surface area (Å²) in [4.78, 5) is 72.7. The van der Waals surface area contributed by atoms with Crippen LogP contribution < -0.4 is 42.5 Å². The molecule has 0 aliphatic heterocycles. The number of carbonyl (C=O) groups is 6. The summed E-state index contributed by atoms with van der Waals surface area (Å²) < 4.78 is 21.8. The zero-order valence-electron chi connectivity index (χ0n) is 31.8. The van der Waals surface area contributed by atoms with Gasteiger partial charge in [-0.05, 0) is 92.2 Å². The Labute approximate surface area is 291 Å². The van der Waals surface area contributed by atoms with Gasteiger partial charge in [0.25, 0.3) is 0 Å². The van der Waals surface area contributed by atoms with Gasteiger partial charge in [-0.2, -0.15) is 12.6 Å². The second-order valence-corrected chi connectivity index (χ2v) is 12.1. The largest absolute Gasteiger partial charge is 0.356 e. The van der Waals surface area contributed by atoms with Crippen LogP contribution in [0.4, 0.5) is 0 Å². The van der Waals surface area contributed by atoms with Gasteiger partial charge in [0.15, 0.2) is 0 Å². The first-order valence-electron chi connectivity index (χ1n) is 18.2.